The Hall–Kier alpha value is -3.49. The van der Waals surface area contributed by atoms with E-state index in [0.29, 0.717) is 24.4 Å². The molecule has 2 fully saturated rings. The van der Waals surface area contributed by atoms with E-state index in [0.717, 1.165) is 31.7 Å². The largest absolute Gasteiger partial charge is 0.497 e. The van der Waals surface area contributed by atoms with Gasteiger partial charge in [0.15, 0.2) is 5.82 Å². The van der Waals surface area contributed by atoms with E-state index in [4.69, 9.17) is 4.74 Å². The number of ether oxygens (including phenoxy) is 1. The number of Topliss-reactive ketones (excluding diaryl/α,β-unsaturated/α-hetero) is 1. The predicted molar refractivity (Wildman–Crippen MR) is 123 cm³/mol. The second-order valence-corrected chi connectivity index (χ2v) is 9.00. The fourth-order valence-electron chi connectivity index (χ4n) is 4.80. The smallest absolute Gasteiger partial charge is 0.341 e. The Labute approximate surface area is 195 Å². The number of methoxy groups -OCH3 is 1. The molecule has 1 N–H and O–H groups in total. The molecule has 0 spiro atoms. The van der Waals surface area contributed by atoms with Gasteiger partial charge >= 0.3 is 5.97 Å². The highest BCUT2D eigenvalue weighted by Crippen LogP contribution is 2.45. The number of ketones is 1. The third kappa shape index (κ3) is 3.59. The van der Waals surface area contributed by atoms with Crippen LogP contribution in [0.4, 0.5) is 20.2 Å². The molecule has 1 aliphatic carbocycles. The third-order valence-electron chi connectivity index (χ3n) is 6.79. The average molecular weight is 469 g/mol. The molecule has 0 amide bonds. The summed E-state index contributed by atoms with van der Waals surface area (Å²) in [7, 11) is 1.53. The van der Waals surface area contributed by atoms with Crippen molar-refractivity contribution in [1.29, 1.82) is 0 Å². The number of carbonyl (C=O) groups excluding carboxylic acids is 1. The molecule has 1 unspecified atom stereocenters. The van der Waals surface area contributed by atoms with Crippen molar-refractivity contribution in [1.82, 2.24) is 0 Å². The number of anilines is 2. The number of carboxylic acid groups (broad SMARTS) is 1. The van der Waals surface area contributed by atoms with E-state index < -0.39 is 28.9 Å². The topological polar surface area (TPSA) is 82.4 Å². The summed E-state index contributed by atoms with van der Waals surface area (Å²) in [6.07, 6.45) is 4.46. The van der Waals surface area contributed by atoms with Crippen LogP contribution in [0.1, 0.15) is 41.6 Å². The molecule has 3 aliphatic rings. The van der Waals surface area contributed by atoms with E-state index in [1.54, 1.807) is 34.1 Å². The van der Waals surface area contributed by atoms with Gasteiger partial charge in [0.1, 0.15) is 17.3 Å². The lowest BCUT2D eigenvalue weighted by Crippen LogP contribution is -2.58. The van der Waals surface area contributed by atoms with Crippen molar-refractivity contribution in [3.8, 4) is 5.75 Å². The quantitative estimate of drug-likeness (QED) is 0.514. The molecule has 34 heavy (non-hydrogen) atoms. The molecule has 178 valence electrons. The average Bonchev–Trinajstić information content (AvgIpc) is 3.54. The van der Waals surface area contributed by atoms with E-state index in [-0.39, 0.29) is 29.5 Å². The minimum absolute atomic E-state index is 0.00711. The minimum Gasteiger partial charge on any atom is -0.497 e. The first-order valence-electron chi connectivity index (χ1n) is 11.4. The van der Waals surface area contributed by atoms with Gasteiger partial charge in [0.05, 0.1) is 24.9 Å². The van der Waals surface area contributed by atoms with E-state index in [1.807, 2.05) is 0 Å². The number of nitrogens with zero attached hydrogens (tertiary/aromatic N) is 3. The van der Waals surface area contributed by atoms with E-state index in [2.05, 4.69) is 4.99 Å². The van der Waals surface area contributed by atoms with Gasteiger partial charge in [-0.05, 0) is 61.6 Å². The van der Waals surface area contributed by atoms with Crippen LogP contribution in [-0.4, -0.2) is 61.4 Å². The van der Waals surface area contributed by atoms with Crippen LogP contribution in [0.25, 0.3) is 0 Å². The molecular formula is C25H25F2N3O4. The Balaban J connectivity index is 1.61. The zero-order valence-corrected chi connectivity index (χ0v) is 18.8. The molecule has 2 aromatic carbocycles. The summed E-state index contributed by atoms with van der Waals surface area (Å²) in [6.45, 7) is 0.762. The number of hydrogen-bond donors (Lipinski definition) is 1. The van der Waals surface area contributed by atoms with Crippen LogP contribution in [-0.2, 0) is 4.79 Å². The molecule has 1 atom stereocenters. The summed E-state index contributed by atoms with van der Waals surface area (Å²) in [5.41, 5.74) is -2.06. The van der Waals surface area contributed by atoms with Crippen LogP contribution in [0.15, 0.2) is 35.3 Å². The highest BCUT2D eigenvalue weighted by Gasteiger charge is 2.55. The van der Waals surface area contributed by atoms with Crippen LogP contribution in [0, 0.1) is 11.6 Å². The Morgan fingerprint density at radius 3 is 2.44 bits per heavy atom. The highest BCUT2D eigenvalue weighted by molar-refractivity contribution is 6.21. The van der Waals surface area contributed by atoms with Gasteiger partial charge < -0.3 is 19.6 Å². The van der Waals surface area contributed by atoms with Gasteiger partial charge in [-0.3, -0.25) is 9.79 Å². The van der Waals surface area contributed by atoms with E-state index >= 15 is 8.78 Å². The summed E-state index contributed by atoms with van der Waals surface area (Å²) < 4.78 is 36.0. The highest BCUT2D eigenvalue weighted by atomic mass is 19.1. The van der Waals surface area contributed by atoms with Gasteiger partial charge in [0.2, 0.25) is 11.3 Å². The van der Waals surface area contributed by atoms with Gasteiger partial charge in [0, 0.05) is 25.3 Å². The van der Waals surface area contributed by atoms with Crippen LogP contribution >= 0.6 is 0 Å². The van der Waals surface area contributed by atoms with Crippen molar-refractivity contribution in [3.63, 3.8) is 0 Å². The van der Waals surface area contributed by atoms with Crippen LogP contribution in [0.5, 0.6) is 5.75 Å². The van der Waals surface area contributed by atoms with Crippen molar-refractivity contribution >= 4 is 29.3 Å². The van der Waals surface area contributed by atoms with Crippen LogP contribution in [0.2, 0.25) is 0 Å². The summed E-state index contributed by atoms with van der Waals surface area (Å²) >= 11 is 0. The monoisotopic (exact) mass is 469 g/mol. The first kappa shape index (κ1) is 22.3. The Morgan fingerprint density at radius 2 is 1.85 bits per heavy atom. The normalized spacial score (nSPS) is 22.4. The molecule has 9 heteroatoms. The lowest BCUT2D eigenvalue weighted by Gasteiger charge is -2.40. The van der Waals surface area contributed by atoms with E-state index in [1.165, 1.54) is 13.3 Å². The van der Waals surface area contributed by atoms with Crippen molar-refractivity contribution in [2.24, 2.45) is 4.99 Å². The molecule has 0 radical (unpaired) electrons. The fraction of sp³-hybridized carbons (Fsp3) is 0.400. The molecule has 2 aromatic rings. The molecule has 7 nitrogen and oxygen atoms in total. The molecule has 0 bridgehead atoms. The predicted octanol–water partition coefficient (Wildman–Crippen LogP) is 3.68. The SMILES string of the molecule is COc1ccc(C=NC2(C(=O)O)CN(C3CC3)c3c(cc(F)c(N4CCCC4)c3F)C2=O)cc1. The second-order valence-electron chi connectivity index (χ2n) is 9.00. The second kappa shape index (κ2) is 8.38. The molecule has 5 rings (SSSR count). The van der Waals surface area contributed by atoms with Crippen molar-refractivity contribution in [2.45, 2.75) is 37.3 Å². The van der Waals surface area contributed by atoms with Gasteiger partial charge in [-0.1, -0.05) is 0 Å². The zero-order valence-electron chi connectivity index (χ0n) is 18.8. The van der Waals surface area contributed by atoms with E-state index in [9.17, 15) is 14.7 Å². The molecule has 2 heterocycles. The Bertz CT molecular complexity index is 1170. The maximum absolute atomic E-state index is 15.8. The maximum atomic E-state index is 15.8. The number of aliphatic carboxylic acids is 1. The molecule has 1 saturated heterocycles. The van der Waals surface area contributed by atoms with Gasteiger partial charge in [0.25, 0.3) is 0 Å². The maximum Gasteiger partial charge on any atom is 0.341 e. The molecular weight excluding hydrogens is 444 g/mol. The Morgan fingerprint density at radius 1 is 1.18 bits per heavy atom. The number of aliphatic imine (C=N–C) groups is 1. The summed E-state index contributed by atoms with van der Waals surface area (Å²) in [5.74, 6) is -3.41. The number of halogens is 2. The first-order chi connectivity index (χ1) is 16.4. The number of carbonyl (C=O) groups is 2. The Kier molecular flexibility index (Phi) is 5.50. The van der Waals surface area contributed by atoms with Gasteiger partial charge in [-0.15, -0.1) is 0 Å². The lowest BCUT2D eigenvalue weighted by atomic mass is 9.83. The number of carboxylic acids is 1. The lowest BCUT2D eigenvalue weighted by molar-refractivity contribution is -0.141. The van der Waals surface area contributed by atoms with Crippen molar-refractivity contribution in [2.75, 3.05) is 36.5 Å². The number of benzene rings is 2. The first-order valence-corrected chi connectivity index (χ1v) is 11.4. The molecule has 0 aromatic heterocycles. The minimum atomic E-state index is -2.20. The zero-order chi connectivity index (χ0) is 24.0. The van der Waals surface area contributed by atoms with Crippen LogP contribution in [0.3, 0.4) is 0 Å². The van der Waals surface area contributed by atoms with Crippen molar-refractivity contribution < 1.29 is 28.2 Å². The number of hydrogen-bond acceptors (Lipinski definition) is 6. The van der Waals surface area contributed by atoms with Crippen LogP contribution < -0.4 is 14.5 Å². The molecule has 1 saturated carbocycles. The van der Waals surface area contributed by atoms with Crippen molar-refractivity contribution in [3.05, 3.63) is 53.1 Å². The number of fused-ring (bicyclic) bond motifs is 1. The van der Waals surface area contributed by atoms with Gasteiger partial charge in [-0.25, -0.2) is 13.6 Å². The standard InChI is InChI=1S/C25H25F2N3O4/c1-34-17-8-4-15(5-9-17)13-28-25(24(32)33)14-30(16-6-7-16)21-18(23(25)31)12-19(26)22(20(21)27)29-10-2-3-11-29/h4-5,8-9,12-13,16H,2-3,6-7,10-11,14H2,1H3,(H,32,33). The number of rotatable bonds is 6. The fourth-order valence-corrected chi connectivity index (χ4v) is 4.80. The summed E-state index contributed by atoms with van der Waals surface area (Å²) in [5, 5.41) is 10.2. The summed E-state index contributed by atoms with van der Waals surface area (Å²) in [6, 6.07) is 7.61. The third-order valence-corrected chi connectivity index (χ3v) is 6.79. The van der Waals surface area contributed by atoms with Gasteiger partial charge in [-0.2, -0.15) is 0 Å². The summed E-state index contributed by atoms with van der Waals surface area (Å²) in [4.78, 5) is 33.5. The molecule has 2 aliphatic heterocycles.